The Bertz CT molecular complexity index is 1210. The van der Waals surface area contributed by atoms with Crippen LogP contribution in [-0.4, -0.2) is 83.2 Å². The van der Waals surface area contributed by atoms with Gasteiger partial charge in [-0.25, -0.2) is 26.7 Å². The maximum absolute atomic E-state index is 14.5. The number of carbonyl (C=O) groups excluding carboxylic acids is 1. The van der Waals surface area contributed by atoms with Crippen molar-refractivity contribution in [2.24, 2.45) is 0 Å². The number of methoxy groups -OCH3 is 1. The van der Waals surface area contributed by atoms with E-state index in [-0.39, 0.29) is 41.6 Å². The number of nitrogens with zero attached hydrogens (tertiary/aromatic N) is 2. The smallest absolute Gasteiger partial charge is 0.337 e. The van der Waals surface area contributed by atoms with Gasteiger partial charge in [0, 0.05) is 64.0 Å². The fourth-order valence-corrected chi connectivity index (χ4v) is 6.05. The van der Waals surface area contributed by atoms with E-state index in [1.807, 2.05) is 0 Å². The molecule has 0 amide bonds. The van der Waals surface area contributed by atoms with Gasteiger partial charge in [-0.2, -0.15) is 0 Å². The van der Waals surface area contributed by atoms with E-state index in [0.29, 0.717) is 24.7 Å². The quantitative estimate of drug-likeness (QED) is 0.442. The number of sulfonamides is 1. The third-order valence-electron chi connectivity index (χ3n) is 6.74. The fraction of sp³-hybridized carbons (Fsp3) is 0.458. The van der Waals surface area contributed by atoms with Gasteiger partial charge in [0.2, 0.25) is 10.0 Å². The highest BCUT2D eigenvalue weighted by Crippen LogP contribution is 2.28. The molecule has 37 heavy (non-hydrogen) atoms. The molecule has 0 aliphatic carbocycles. The highest BCUT2D eigenvalue weighted by molar-refractivity contribution is 7.89. The zero-order valence-corrected chi connectivity index (χ0v) is 22.6. The Kier molecular flexibility index (Phi) is 10.3. The number of halogens is 4. The number of nitrogens with one attached hydrogen (secondary N) is 2. The van der Waals surface area contributed by atoms with Crippen LogP contribution < -0.4 is 10.0 Å². The van der Waals surface area contributed by atoms with Gasteiger partial charge in [-0.05, 0) is 29.8 Å². The van der Waals surface area contributed by atoms with Gasteiger partial charge in [0.05, 0.1) is 17.7 Å². The summed E-state index contributed by atoms with van der Waals surface area (Å²) in [5.41, 5.74) is 0.447. The molecule has 0 bridgehead atoms. The van der Waals surface area contributed by atoms with E-state index in [1.165, 1.54) is 31.4 Å². The van der Waals surface area contributed by atoms with Crippen molar-refractivity contribution in [3.8, 4) is 0 Å². The monoisotopic (exact) mass is 578 g/mol. The number of piperazine rings is 1. The Morgan fingerprint density at radius 1 is 1.14 bits per heavy atom. The van der Waals surface area contributed by atoms with Crippen molar-refractivity contribution in [3.05, 3.63) is 69.7 Å². The zero-order chi connectivity index (χ0) is 25.9. The van der Waals surface area contributed by atoms with Gasteiger partial charge in [-0.1, -0.05) is 23.7 Å². The van der Waals surface area contributed by atoms with E-state index < -0.39 is 32.9 Å². The minimum Gasteiger partial charge on any atom is -0.465 e. The molecule has 13 heteroatoms. The topological polar surface area (TPSA) is 91.0 Å². The van der Waals surface area contributed by atoms with Crippen molar-refractivity contribution in [2.45, 2.75) is 17.8 Å². The summed E-state index contributed by atoms with van der Waals surface area (Å²) in [6.07, 6.45) is 0. The maximum Gasteiger partial charge on any atom is 0.337 e. The van der Waals surface area contributed by atoms with Gasteiger partial charge in [-0.15, -0.1) is 12.4 Å². The van der Waals surface area contributed by atoms with Crippen LogP contribution in [0.4, 0.5) is 8.78 Å². The predicted octanol–water partition coefficient (Wildman–Crippen LogP) is 2.58. The Labute approximate surface area is 226 Å². The first-order chi connectivity index (χ1) is 17.2. The summed E-state index contributed by atoms with van der Waals surface area (Å²) in [4.78, 5) is 16.1. The fourth-order valence-electron chi connectivity index (χ4n) is 4.39. The van der Waals surface area contributed by atoms with Crippen LogP contribution in [-0.2, 0) is 21.3 Å². The number of rotatable bonds is 9. The van der Waals surface area contributed by atoms with Crippen LogP contribution in [0.15, 0.2) is 36.4 Å². The number of benzene rings is 2. The molecule has 0 spiro atoms. The van der Waals surface area contributed by atoms with Crippen LogP contribution >= 0.6 is 24.0 Å². The third kappa shape index (κ3) is 7.17. The second-order valence-corrected chi connectivity index (χ2v) is 11.3. The van der Waals surface area contributed by atoms with Crippen LogP contribution in [0, 0.1) is 11.6 Å². The standard InChI is InChI=1S/C24H29ClF2N4O4S.ClH/c1-35-24(32)17-2-3-18(22(27)11-17)12-29-36(33,34)23(16-4-5-21(26)20(25)10-16)15-30-6-8-31(9-7-30)19-13-28-14-19;/h2-5,10-11,19,23,28-29H,6-9,12-15H2,1H3;1H. The summed E-state index contributed by atoms with van der Waals surface area (Å²) in [6.45, 7) is 4.84. The van der Waals surface area contributed by atoms with Crippen LogP contribution in [0.25, 0.3) is 0 Å². The molecule has 2 fully saturated rings. The predicted molar refractivity (Wildman–Crippen MR) is 140 cm³/mol. The van der Waals surface area contributed by atoms with E-state index in [1.54, 1.807) is 0 Å². The van der Waals surface area contributed by atoms with Crippen molar-refractivity contribution in [1.82, 2.24) is 19.8 Å². The second kappa shape index (κ2) is 12.8. The molecule has 1 unspecified atom stereocenters. The Balaban J connectivity index is 0.00000380. The van der Waals surface area contributed by atoms with Crippen molar-refractivity contribution in [1.29, 1.82) is 0 Å². The average Bonchev–Trinajstić information content (AvgIpc) is 2.83. The highest BCUT2D eigenvalue weighted by Gasteiger charge is 2.33. The lowest BCUT2D eigenvalue weighted by atomic mass is 10.1. The number of hydrogen-bond donors (Lipinski definition) is 2. The van der Waals surface area contributed by atoms with Crippen LogP contribution in [0.1, 0.15) is 26.7 Å². The third-order valence-corrected chi connectivity index (χ3v) is 8.74. The van der Waals surface area contributed by atoms with E-state index in [9.17, 15) is 22.0 Å². The highest BCUT2D eigenvalue weighted by atomic mass is 35.5. The molecule has 2 aromatic rings. The SMILES string of the molecule is COC(=O)c1ccc(CNS(=O)(=O)C(CN2CCN(C3CNC3)CC2)c2ccc(F)c(Cl)c2)c(F)c1.Cl. The molecular weight excluding hydrogens is 549 g/mol. The summed E-state index contributed by atoms with van der Waals surface area (Å²) < 4.78 is 62.3. The van der Waals surface area contributed by atoms with E-state index >= 15 is 0 Å². The summed E-state index contributed by atoms with van der Waals surface area (Å²) in [5, 5.41) is 2.04. The molecule has 1 atom stereocenters. The van der Waals surface area contributed by atoms with Crippen LogP contribution in [0.5, 0.6) is 0 Å². The summed E-state index contributed by atoms with van der Waals surface area (Å²) in [6, 6.07) is 8.10. The molecule has 2 aromatic carbocycles. The van der Waals surface area contributed by atoms with Crippen LogP contribution in [0.2, 0.25) is 5.02 Å². The molecule has 2 saturated heterocycles. The zero-order valence-electron chi connectivity index (χ0n) is 20.3. The minimum absolute atomic E-state index is 0. The molecule has 2 aliphatic rings. The van der Waals surface area contributed by atoms with Crippen molar-refractivity contribution in [2.75, 3.05) is 52.9 Å². The van der Waals surface area contributed by atoms with Crippen molar-refractivity contribution < 1.29 is 26.7 Å². The molecule has 0 saturated carbocycles. The van der Waals surface area contributed by atoms with E-state index in [2.05, 4.69) is 24.6 Å². The van der Waals surface area contributed by atoms with Gasteiger partial charge in [-0.3, -0.25) is 9.80 Å². The molecular formula is C24H30Cl2F2N4O4S. The Morgan fingerprint density at radius 3 is 2.41 bits per heavy atom. The first-order valence-corrected chi connectivity index (χ1v) is 13.6. The Hall–Kier alpha value is -1.86. The van der Waals surface area contributed by atoms with Gasteiger partial charge >= 0.3 is 5.97 Å². The number of ether oxygens (including phenoxy) is 1. The minimum atomic E-state index is -4.03. The molecule has 4 rings (SSSR count). The lowest BCUT2D eigenvalue weighted by Gasteiger charge is -2.43. The van der Waals surface area contributed by atoms with E-state index in [0.717, 1.165) is 38.3 Å². The molecule has 2 aliphatic heterocycles. The molecule has 2 N–H and O–H groups in total. The van der Waals surface area contributed by atoms with Crippen LogP contribution in [0.3, 0.4) is 0 Å². The van der Waals surface area contributed by atoms with Gasteiger partial charge in [0.15, 0.2) is 0 Å². The summed E-state index contributed by atoms with van der Waals surface area (Å²) in [7, 11) is -2.84. The van der Waals surface area contributed by atoms with Gasteiger partial charge in [0.25, 0.3) is 0 Å². The average molecular weight is 579 g/mol. The summed E-state index contributed by atoms with van der Waals surface area (Å²) in [5.74, 6) is -2.06. The molecule has 0 radical (unpaired) electrons. The lowest BCUT2D eigenvalue weighted by Crippen LogP contribution is -2.61. The number of esters is 1. The second-order valence-electron chi connectivity index (χ2n) is 8.97. The van der Waals surface area contributed by atoms with Crippen molar-refractivity contribution in [3.63, 3.8) is 0 Å². The molecule has 2 heterocycles. The molecule has 8 nitrogen and oxygen atoms in total. The lowest BCUT2D eigenvalue weighted by molar-refractivity contribution is 0.0600. The largest absolute Gasteiger partial charge is 0.465 e. The first kappa shape index (κ1) is 29.7. The Morgan fingerprint density at radius 2 is 1.84 bits per heavy atom. The van der Waals surface area contributed by atoms with Gasteiger partial charge in [0.1, 0.15) is 16.9 Å². The van der Waals surface area contributed by atoms with E-state index in [4.69, 9.17) is 11.6 Å². The normalized spacial score (nSPS) is 18.1. The maximum atomic E-state index is 14.5. The number of carbonyl (C=O) groups is 1. The number of hydrogen-bond acceptors (Lipinski definition) is 7. The van der Waals surface area contributed by atoms with Crippen molar-refractivity contribution >= 4 is 40.0 Å². The molecule has 0 aromatic heterocycles. The summed E-state index contributed by atoms with van der Waals surface area (Å²) >= 11 is 5.97. The van der Waals surface area contributed by atoms with Gasteiger partial charge < -0.3 is 10.1 Å². The molecule has 204 valence electrons. The first-order valence-electron chi connectivity index (χ1n) is 11.6.